The van der Waals surface area contributed by atoms with Gasteiger partial charge in [-0.2, -0.15) is 0 Å². The van der Waals surface area contributed by atoms with E-state index in [0.717, 1.165) is 36.5 Å². The topological polar surface area (TPSA) is 48.3 Å². The lowest BCUT2D eigenvalue weighted by Gasteiger charge is -2.20. The van der Waals surface area contributed by atoms with Crippen molar-refractivity contribution in [3.63, 3.8) is 0 Å². The number of benzene rings is 1. The van der Waals surface area contributed by atoms with E-state index in [2.05, 4.69) is 10.3 Å². The van der Waals surface area contributed by atoms with E-state index in [-0.39, 0.29) is 0 Å². The van der Waals surface area contributed by atoms with Crippen LogP contribution in [0, 0.1) is 0 Å². The fraction of sp³-hybridized carbons (Fsp3) is 0.400. The molecule has 0 bridgehead atoms. The molecule has 6 heteroatoms. The number of hydrogen-bond acceptors (Lipinski definition) is 4. The molecule has 0 atom stereocenters. The van der Waals surface area contributed by atoms with E-state index in [1.807, 2.05) is 29.9 Å². The lowest BCUT2D eigenvalue weighted by molar-refractivity contribution is 0.171. The number of aromatic nitrogens is 2. The summed E-state index contributed by atoms with van der Waals surface area (Å²) in [5.41, 5.74) is 2.30. The summed E-state index contributed by atoms with van der Waals surface area (Å²) in [5.74, 6) is 1.41. The third-order valence-electron chi connectivity index (χ3n) is 3.47. The van der Waals surface area contributed by atoms with E-state index < -0.39 is 0 Å². The van der Waals surface area contributed by atoms with Crippen molar-refractivity contribution >= 4 is 11.6 Å². The molecule has 1 N–H and O–H groups in total. The molecule has 2 heterocycles. The highest BCUT2D eigenvalue weighted by Gasteiger charge is 2.16. The number of nitrogens with zero attached hydrogens (tertiary/aromatic N) is 2. The Morgan fingerprint density at radius 3 is 3.00 bits per heavy atom. The van der Waals surface area contributed by atoms with Crippen LogP contribution < -0.4 is 14.8 Å². The number of ether oxygens (including phenoxy) is 2. The minimum Gasteiger partial charge on any atom is -0.486 e. The molecule has 0 amide bonds. The molecule has 21 heavy (non-hydrogen) atoms. The normalized spacial score (nSPS) is 13.4. The molecule has 0 fully saturated rings. The standard InChI is InChI=1S/C15H18ClN3O2/c1-19-10-18-9-12(19)8-17-3-2-11-6-13(16)15-14(7-11)20-4-5-21-15/h6-7,9-10,17H,2-5,8H2,1H3. The molecule has 1 aliphatic heterocycles. The van der Waals surface area contributed by atoms with Crippen molar-refractivity contribution < 1.29 is 9.47 Å². The summed E-state index contributed by atoms with van der Waals surface area (Å²) in [6.45, 7) is 2.79. The van der Waals surface area contributed by atoms with Crippen molar-refractivity contribution in [2.24, 2.45) is 7.05 Å². The first-order valence-electron chi connectivity index (χ1n) is 6.98. The van der Waals surface area contributed by atoms with E-state index in [9.17, 15) is 0 Å². The van der Waals surface area contributed by atoms with Crippen LogP contribution in [0.2, 0.25) is 5.02 Å². The highest BCUT2D eigenvalue weighted by molar-refractivity contribution is 6.32. The SMILES string of the molecule is Cn1cncc1CNCCc1cc(Cl)c2c(c1)OCCO2. The summed E-state index contributed by atoms with van der Waals surface area (Å²) in [5, 5.41) is 4.02. The van der Waals surface area contributed by atoms with Crippen molar-refractivity contribution in [2.45, 2.75) is 13.0 Å². The Kier molecular flexibility index (Phi) is 4.31. The zero-order valence-electron chi connectivity index (χ0n) is 11.9. The number of fused-ring (bicyclic) bond motifs is 1. The number of imidazole rings is 1. The molecule has 1 aliphatic rings. The fourth-order valence-electron chi connectivity index (χ4n) is 2.31. The highest BCUT2D eigenvalue weighted by atomic mass is 35.5. The van der Waals surface area contributed by atoms with Gasteiger partial charge >= 0.3 is 0 Å². The molecule has 0 saturated heterocycles. The highest BCUT2D eigenvalue weighted by Crippen LogP contribution is 2.38. The molecule has 0 spiro atoms. The largest absolute Gasteiger partial charge is 0.486 e. The second kappa shape index (κ2) is 6.37. The molecule has 2 aromatic rings. The summed E-state index contributed by atoms with van der Waals surface area (Å²) in [6.07, 6.45) is 4.56. The van der Waals surface area contributed by atoms with Gasteiger partial charge in [0.25, 0.3) is 0 Å². The van der Waals surface area contributed by atoms with Crippen molar-refractivity contribution in [3.05, 3.63) is 40.9 Å². The van der Waals surface area contributed by atoms with Gasteiger partial charge in [0.15, 0.2) is 11.5 Å². The Hall–Kier alpha value is -1.72. The Balaban J connectivity index is 1.56. The second-order valence-electron chi connectivity index (χ2n) is 5.02. The van der Waals surface area contributed by atoms with Crippen LogP contribution in [0.5, 0.6) is 11.5 Å². The van der Waals surface area contributed by atoms with Crippen LogP contribution in [0.3, 0.4) is 0 Å². The van der Waals surface area contributed by atoms with Crippen LogP contribution in [-0.2, 0) is 20.0 Å². The van der Waals surface area contributed by atoms with Crippen LogP contribution in [0.4, 0.5) is 0 Å². The molecule has 0 radical (unpaired) electrons. The Morgan fingerprint density at radius 2 is 2.19 bits per heavy atom. The average molecular weight is 308 g/mol. The lowest BCUT2D eigenvalue weighted by Crippen LogP contribution is -2.19. The number of nitrogens with one attached hydrogen (secondary N) is 1. The van der Waals surface area contributed by atoms with Gasteiger partial charge in [-0.15, -0.1) is 0 Å². The number of halogens is 1. The maximum Gasteiger partial charge on any atom is 0.179 e. The van der Waals surface area contributed by atoms with E-state index in [1.54, 1.807) is 6.33 Å². The van der Waals surface area contributed by atoms with Crippen LogP contribution in [0.1, 0.15) is 11.3 Å². The van der Waals surface area contributed by atoms with Crippen molar-refractivity contribution in [3.8, 4) is 11.5 Å². The summed E-state index contributed by atoms with van der Waals surface area (Å²) < 4.78 is 13.1. The monoisotopic (exact) mass is 307 g/mol. The summed E-state index contributed by atoms with van der Waals surface area (Å²) in [7, 11) is 1.99. The Morgan fingerprint density at radius 1 is 1.33 bits per heavy atom. The molecule has 1 aromatic heterocycles. The predicted molar refractivity (Wildman–Crippen MR) is 81.1 cm³/mol. The lowest BCUT2D eigenvalue weighted by atomic mass is 10.1. The maximum absolute atomic E-state index is 6.23. The first-order chi connectivity index (χ1) is 10.2. The molecule has 0 saturated carbocycles. The molecule has 0 unspecified atom stereocenters. The van der Waals surface area contributed by atoms with Crippen molar-refractivity contribution in [1.82, 2.24) is 14.9 Å². The van der Waals surface area contributed by atoms with Crippen LogP contribution in [0.25, 0.3) is 0 Å². The van der Waals surface area contributed by atoms with Gasteiger partial charge in [0.05, 0.1) is 17.0 Å². The van der Waals surface area contributed by atoms with E-state index in [0.29, 0.717) is 24.0 Å². The third kappa shape index (κ3) is 3.31. The molecule has 5 nitrogen and oxygen atoms in total. The smallest absolute Gasteiger partial charge is 0.179 e. The van der Waals surface area contributed by atoms with Gasteiger partial charge in [0.1, 0.15) is 13.2 Å². The van der Waals surface area contributed by atoms with Crippen LogP contribution in [0.15, 0.2) is 24.7 Å². The van der Waals surface area contributed by atoms with Gasteiger partial charge in [0, 0.05) is 19.8 Å². The van der Waals surface area contributed by atoms with Gasteiger partial charge in [-0.1, -0.05) is 11.6 Å². The number of rotatable bonds is 5. The summed E-state index contributed by atoms with van der Waals surface area (Å²) in [6, 6.07) is 3.95. The van der Waals surface area contributed by atoms with Gasteiger partial charge < -0.3 is 19.4 Å². The van der Waals surface area contributed by atoms with E-state index in [4.69, 9.17) is 21.1 Å². The quantitative estimate of drug-likeness (QED) is 0.860. The van der Waals surface area contributed by atoms with Crippen molar-refractivity contribution in [1.29, 1.82) is 0 Å². The fourth-order valence-corrected chi connectivity index (χ4v) is 2.60. The van der Waals surface area contributed by atoms with Gasteiger partial charge in [-0.25, -0.2) is 4.98 Å². The Labute approximate surface area is 128 Å². The first-order valence-corrected chi connectivity index (χ1v) is 7.36. The number of aryl methyl sites for hydroxylation is 1. The number of hydrogen-bond donors (Lipinski definition) is 1. The minimum atomic E-state index is 0.554. The average Bonchev–Trinajstić information content (AvgIpc) is 2.89. The predicted octanol–water partition coefficient (Wildman–Crippen LogP) is 2.18. The van der Waals surface area contributed by atoms with Gasteiger partial charge in [-0.3, -0.25) is 0 Å². The molecule has 1 aromatic carbocycles. The van der Waals surface area contributed by atoms with Gasteiger partial charge in [0.2, 0.25) is 0 Å². The summed E-state index contributed by atoms with van der Waals surface area (Å²) >= 11 is 6.23. The van der Waals surface area contributed by atoms with Gasteiger partial charge in [-0.05, 0) is 30.7 Å². The van der Waals surface area contributed by atoms with E-state index >= 15 is 0 Å². The zero-order valence-corrected chi connectivity index (χ0v) is 12.7. The zero-order chi connectivity index (χ0) is 14.7. The molecular weight excluding hydrogens is 290 g/mol. The van der Waals surface area contributed by atoms with E-state index in [1.165, 1.54) is 0 Å². The maximum atomic E-state index is 6.23. The molecule has 3 rings (SSSR count). The second-order valence-corrected chi connectivity index (χ2v) is 5.43. The molecule has 0 aliphatic carbocycles. The first kappa shape index (κ1) is 14.2. The Bertz CT molecular complexity index is 627. The molecular formula is C15H18ClN3O2. The van der Waals surface area contributed by atoms with Crippen LogP contribution in [-0.4, -0.2) is 29.3 Å². The minimum absolute atomic E-state index is 0.554. The van der Waals surface area contributed by atoms with Crippen molar-refractivity contribution in [2.75, 3.05) is 19.8 Å². The molecule has 112 valence electrons. The summed E-state index contributed by atoms with van der Waals surface area (Å²) in [4.78, 5) is 4.09. The van der Waals surface area contributed by atoms with Crippen LogP contribution >= 0.6 is 11.6 Å². The third-order valence-corrected chi connectivity index (χ3v) is 3.75.